The number of ether oxygens (including phenoxy) is 2. The van der Waals surface area contributed by atoms with E-state index in [1.54, 1.807) is 26.4 Å². The van der Waals surface area contributed by atoms with Crippen LogP contribution in [0.2, 0.25) is 0 Å². The fraction of sp³-hybridized carbons (Fsp3) is 0.650. The number of hydrogen-bond donors (Lipinski definition) is 0. The molecule has 130 valence electrons. The Labute approximate surface area is 141 Å². The van der Waals surface area contributed by atoms with E-state index in [1.165, 1.54) is 44.9 Å². The molecule has 0 aliphatic heterocycles. The van der Waals surface area contributed by atoms with Gasteiger partial charge in [-0.1, -0.05) is 58.3 Å². The molecule has 0 saturated carbocycles. The lowest BCUT2D eigenvalue weighted by atomic mass is 10.0. The van der Waals surface area contributed by atoms with Crippen molar-refractivity contribution in [2.75, 3.05) is 14.2 Å². The molecule has 0 saturated heterocycles. The Balaban J connectivity index is 2.26. The molecule has 0 radical (unpaired) electrons. The minimum absolute atomic E-state index is 0.142. The van der Waals surface area contributed by atoms with Gasteiger partial charge in [-0.05, 0) is 24.6 Å². The largest absolute Gasteiger partial charge is 0.497 e. The van der Waals surface area contributed by atoms with Gasteiger partial charge in [0.05, 0.1) is 19.8 Å². The first-order chi connectivity index (χ1) is 11.2. The van der Waals surface area contributed by atoms with Crippen molar-refractivity contribution in [3.05, 3.63) is 23.8 Å². The van der Waals surface area contributed by atoms with Gasteiger partial charge in [0.25, 0.3) is 0 Å². The van der Waals surface area contributed by atoms with Gasteiger partial charge in [-0.25, -0.2) is 0 Å². The number of methoxy groups -OCH3 is 2. The predicted molar refractivity (Wildman–Crippen MR) is 95.7 cm³/mol. The molecule has 0 unspecified atom stereocenters. The number of unbranched alkanes of at least 4 members (excludes halogenated alkanes) is 8. The number of carbonyl (C=O) groups is 1. The molecule has 0 aromatic heterocycles. The second-order valence-corrected chi connectivity index (χ2v) is 6.07. The molecule has 0 spiro atoms. The second kappa shape index (κ2) is 12.0. The summed E-state index contributed by atoms with van der Waals surface area (Å²) in [6.45, 7) is 2.24. The molecule has 0 atom stereocenters. The number of ketones is 1. The molecule has 0 amide bonds. The lowest BCUT2D eigenvalue weighted by Crippen LogP contribution is -2.03. The molecule has 1 aromatic carbocycles. The molecule has 1 rings (SSSR count). The van der Waals surface area contributed by atoms with Gasteiger partial charge in [0, 0.05) is 6.42 Å². The fourth-order valence-corrected chi connectivity index (χ4v) is 2.76. The summed E-state index contributed by atoms with van der Waals surface area (Å²) in [6.07, 6.45) is 11.9. The van der Waals surface area contributed by atoms with Crippen LogP contribution >= 0.6 is 0 Å². The maximum absolute atomic E-state index is 12.4. The Kier molecular flexibility index (Phi) is 10.2. The second-order valence-electron chi connectivity index (χ2n) is 6.07. The van der Waals surface area contributed by atoms with E-state index in [0.29, 0.717) is 23.5 Å². The van der Waals surface area contributed by atoms with Crippen LogP contribution in [0, 0.1) is 0 Å². The van der Waals surface area contributed by atoms with Crippen LogP contribution in [0.4, 0.5) is 0 Å². The molecule has 0 heterocycles. The van der Waals surface area contributed by atoms with Gasteiger partial charge >= 0.3 is 0 Å². The van der Waals surface area contributed by atoms with Crippen molar-refractivity contribution < 1.29 is 14.3 Å². The molecule has 0 N–H and O–H groups in total. The minimum Gasteiger partial charge on any atom is -0.497 e. The van der Waals surface area contributed by atoms with E-state index in [0.717, 1.165) is 12.8 Å². The highest BCUT2D eigenvalue weighted by Crippen LogP contribution is 2.25. The average molecular weight is 320 g/mol. The van der Waals surface area contributed by atoms with Crippen LogP contribution in [0.5, 0.6) is 11.5 Å². The Hall–Kier alpha value is -1.51. The molecule has 0 bridgehead atoms. The van der Waals surface area contributed by atoms with E-state index in [1.807, 2.05) is 6.07 Å². The van der Waals surface area contributed by atoms with Crippen LogP contribution in [0.25, 0.3) is 0 Å². The van der Waals surface area contributed by atoms with Crippen molar-refractivity contribution >= 4 is 5.78 Å². The van der Waals surface area contributed by atoms with Gasteiger partial charge in [0.15, 0.2) is 5.78 Å². The summed E-state index contributed by atoms with van der Waals surface area (Å²) in [4.78, 5) is 12.4. The SMILES string of the molecule is CCCCCCCCCCCC(=O)c1cc(OC)ccc1OC. The minimum atomic E-state index is 0.142. The van der Waals surface area contributed by atoms with Crippen LogP contribution < -0.4 is 9.47 Å². The average Bonchev–Trinajstić information content (AvgIpc) is 2.59. The van der Waals surface area contributed by atoms with Gasteiger partial charge in [0.1, 0.15) is 11.5 Å². The topological polar surface area (TPSA) is 35.5 Å². The summed E-state index contributed by atoms with van der Waals surface area (Å²) in [5, 5.41) is 0. The van der Waals surface area contributed by atoms with Crippen molar-refractivity contribution in [2.45, 2.75) is 71.1 Å². The Morgan fingerprint density at radius 3 is 2.04 bits per heavy atom. The molecule has 0 aliphatic rings. The highest BCUT2D eigenvalue weighted by Gasteiger charge is 2.13. The van der Waals surface area contributed by atoms with Gasteiger partial charge in [-0.3, -0.25) is 4.79 Å². The van der Waals surface area contributed by atoms with Crippen molar-refractivity contribution in [1.29, 1.82) is 0 Å². The maximum atomic E-state index is 12.4. The van der Waals surface area contributed by atoms with Crippen molar-refractivity contribution in [1.82, 2.24) is 0 Å². The molecular formula is C20H32O3. The molecule has 3 nitrogen and oxygen atoms in total. The summed E-state index contributed by atoms with van der Waals surface area (Å²) >= 11 is 0. The van der Waals surface area contributed by atoms with Gasteiger partial charge in [-0.2, -0.15) is 0 Å². The third-order valence-corrected chi connectivity index (χ3v) is 4.21. The lowest BCUT2D eigenvalue weighted by Gasteiger charge is -2.09. The molecule has 23 heavy (non-hydrogen) atoms. The normalized spacial score (nSPS) is 10.6. The van der Waals surface area contributed by atoms with Crippen LogP contribution in [0.1, 0.15) is 81.5 Å². The standard InChI is InChI=1S/C20H32O3/c1-4-5-6-7-8-9-10-11-12-13-19(21)18-16-17(22-2)14-15-20(18)23-3/h14-16H,4-13H2,1-3H3. The molecule has 0 aliphatic carbocycles. The fourth-order valence-electron chi connectivity index (χ4n) is 2.76. The molecule has 1 aromatic rings. The molecule has 0 fully saturated rings. The van der Waals surface area contributed by atoms with Crippen molar-refractivity contribution in [3.63, 3.8) is 0 Å². The number of benzene rings is 1. The summed E-state index contributed by atoms with van der Waals surface area (Å²) in [5.41, 5.74) is 0.631. The highest BCUT2D eigenvalue weighted by molar-refractivity contribution is 5.99. The van der Waals surface area contributed by atoms with E-state index in [2.05, 4.69) is 6.92 Å². The monoisotopic (exact) mass is 320 g/mol. The first kappa shape index (κ1) is 19.5. The molecule has 3 heteroatoms. The Bertz CT molecular complexity index is 454. The van der Waals surface area contributed by atoms with Crippen molar-refractivity contribution in [3.8, 4) is 11.5 Å². The number of rotatable bonds is 13. The van der Waals surface area contributed by atoms with E-state index < -0.39 is 0 Å². The van der Waals surface area contributed by atoms with E-state index >= 15 is 0 Å². The third-order valence-electron chi connectivity index (χ3n) is 4.21. The predicted octanol–water partition coefficient (Wildman–Crippen LogP) is 5.81. The first-order valence-electron chi connectivity index (χ1n) is 8.98. The number of carbonyl (C=O) groups excluding carboxylic acids is 1. The van der Waals surface area contributed by atoms with E-state index in [9.17, 15) is 4.79 Å². The lowest BCUT2D eigenvalue weighted by molar-refractivity contribution is 0.0975. The van der Waals surface area contributed by atoms with Crippen molar-refractivity contribution in [2.24, 2.45) is 0 Å². The van der Waals surface area contributed by atoms with Gasteiger partial charge in [-0.15, -0.1) is 0 Å². The summed E-state index contributed by atoms with van der Waals surface area (Å²) in [7, 11) is 3.20. The summed E-state index contributed by atoms with van der Waals surface area (Å²) in [5.74, 6) is 1.47. The zero-order chi connectivity index (χ0) is 16.9. The zero-order valence-electron chi connectivity index (χ0n) is 15.0. The van der Waals surface area contributed by atoms with Crippen LogP contribution in [-0.4, -0.2) is 20.0 Å². The summed E-state index contributed by atoms with van der Waals surface area (Å²) in [6, 6.07) is 5.38. The van der Waals surface area contributed by atoms with Gasteiger partial charge in [0.2, 0.25) is 0 Å². The molecular weight excluding hydrogens is 288 g/mol. The first-order valence-corrected chi connectivity index (χ1v) is 8.98. The van der Waals surface area contributed by atoms with Crippen LogP contribution in [0.3, 0.4) is 0 Å². The van der Waals surface area contributed by atoms with E-state index in [-0.39, 0.29) is 5.78 Å². The van der Waals surface area contributed by atoms with E-state index in [4.69, 9.17) is 9.47 Å². The quantitative estimate of drug-likeness (QED) is 0.340. The van der Waals surface area contributed by atoms with Gasteiger partial charge < -0.3 is 9.47 Å². The third kappa shape index (κ3) is 7.54. The van der Waals surface area contributed by atoms with Crippen LogP contribution in [0.15, 0.2) is 18.2 Å². The Morgan fingerprint density at radius 1 is 0.870 bits per heavy atom. The Morgan fingerprint density at radius 2 is 1.48 bits per heavy atom. The number of Topliss-reactive ketones (excluding diaryl/α,β-unsaturated/α-hetero) is 1. The zero-order valence-corrected chi connectivity index (χ0v) is 15.0. The maximum Gasteiger partial charge on any atom is 0.166 e. The number of hydrogen-bond acceptors (Lipinski definition) is 3. The summed E-state index contributed by atoms with van der Waals surface area (Å²) < 4.78 is 10.5. The van der Waals surface area contributed by atoms with Crippen LogP contribution in [-0.2, 0) is 0 Å². The smallest absolute Gasteiger partial charge is 0.166 e. The highest BCUT2D eigenvalue weighted by atomic mass is 16.5.